The van der Waals surface area contributed by atoms with Crippen molar-refractivity contribution in [1.82, 2.24) is 5.32 Å². The van der Waals surface area contributed by atoms with Crippen LogP contribution in [0.5, 0.6) is 5.75 Å². The molecule has 0 unspecified atom stereocenters. The molecule has 0 fully saturated rings. The summed E-state index contributed by atoms with van der Waals surface area (Å²) in [4.78, 5) is 26.1. The van der Waals surface area contributed by atoms with Gasteiger partial charge in [-0.3, -0.25) is 13.9 Å². The average molecular weight is 532 g/mol. The summed E-state index contributed by atoms with van der Waals surface area (Å²) >= 11 is 0. The molecule has 0 aliphatic carbocycles. The van der Waals surface area contributed by atoms with Crippen molar-refractivity contribution in [2.75, 3.05) is 16.2 Å². The van der Waals surface area contributed by atoms with Crippen LogP contribution in [0, 0.1) is 0 Å². The van der Waals surface area contributed by atoms with Gasteiger partial charge in [0.25, 0.3) is 11.8 Å². The average Bonchev–Trinajstić information content (AvgIpc) is 3.45. The second-order valence-corrected chi connectivity index (χ2v) is 10.5. The van der Waals surface area contributed by atoms with Crippen molar-refractivity contribution in [1.29, 1.82) is 0 Å². The lowest BCUT2D eigenvalue weighted by Crippen LogP contribution is -2.49. The number of nitrogens with one attached hydrogen (secondary N) is 2. The van der Waals surface area contributed by atoms with E-state index in [4.69, 9.17) is 9.15 Å². The predicted molar refractivity (Wildman–Crippen MR) is 142 cm³/mol. The Labute approximate surface area is 220 Å². The monoisotopic (exact) mass is 531 g/mol. The number of rotatable bonds is 8. The highest BCUT2D eigenvalue weighted by molar-refractivity contribution is 7.92. The van der Waals surface area contributed by atoms with E-state index in [0.717, 1.165) is 0 Å². The first-order valence-corrected chi connectivity index (χ1v) is 13.5. The van der Waals surface area contributed by atoms with Gasteiger partial charge in [-0.1, -0.05) is 54.6 Å². The molecule has 1 aromatic heterocycles. The SMILES string of the molecule is O=C(NCc1ccco1)c1ccccc1NC(=O)[C@H]1CN(S(=O)(=O)Cc2ccccc2)c2ccccc2O1. The summed E-state index contributed by atoms with van der Waals surface area (Å²) in [5, 5.41) is 5.49. The summed E-state index contributed by atoms with van der Waals surface area (Å²) in [7, 11) is -3.84. The summed E-state index contributed by atoms with van der Waals surface area (Å²) in [6.07, 6.45) is 0.371. The molecular formula is C28H25N3O6S. The number of sulfonamides is 1. The van der Waals surface area contributed by atoms with E-state index < -0.39 is 27.9 Å². The minimum absolute atomic E-state index is 0.185. The van der Waals surface area contributed by atoms with Crippen LogP contribution in [-0.2, 0) is 27.1 Å². The number of nitrogens with zero attached hydrogens (tertiary/aromatic N) is 1. The zero-order valence-electron chi connectivity index (χ0n) is 20.2. The van der Waals surface area contributed by atoms with E-state index in [9.17, 15) is 18.0 Å². The number of carbonyl (C=O) groups is 2. The number of anilines is 2. The minimum atomic E-state index is -3.84. The zero-order valence-corrected chi connectivity index (χ0v) is 21.1. The molecule has 3 aromatic carbocycles. The number of ether oxygens (including phenoxy) is 1. The molecule has 0 saturated heterocycles. The quantitative estimate of drug-likeness (QED) is 0.356. The van der Waals surface area contributed by atoms with Crippen LogP contribution < -0.4 is 19.7 Å². The van der Waals surface area contributed by atoms with Crippen molar-refractivity contribution >= 4 is 33.2 Å². The lowest BCUT2D eigenvalue weighted by atomic mass is 10.1. The fourth-order valence-electron chi connectivity index (χ4n) is 4.14. The topological polar surface area (TPSA) is 118 Å². The third-order valence-corrected chi connectivity index (χ3v) is 7.70. The third kappa shape index (κ3) is 5.55. The van der Waals surface area contributed by atoms with E-state index in [0.29, 0.717) is 17.0 Å². The summed E-state index contributed by atoms with van der Waals surface area (Å²) in [5.41, 5.74) is 1.52. The van der Waals surface area contributed by atoms with Crippen LogP contribution in [-0.4, -0.2) is 32.9 Å². The number of amides is 2. The molecule has 194 valence electrons. The second-order valence-electron chi connectivity index (χ2n) is 8.64. The highest BCUT2D eigenvalue weighted by Crippen LogP contribution is 2.36. The lowest BCUT2D eigenvalue weighted by Gasteiger charge is -2.34. The first-order valence-electron chi connectivity index (χ1n) is 11.9. The zero-order chi connectivity index (χ0) is 26.5. The molecule has 5 rings (SSSR count). The second kappa shape index (κ2) is 10.8. The van der Waals surface area contributed by atoms with Gasteiger partial charge in [0.2, 0.25) is 10.0 Å². The smallest absolute Gasteiger partial charge is 0.267 e. The number of benzene rings is 3. The van der Waals surface area contributed by atoms with Crippen LogP contribution >= 0.6 is 0 Å². The van der Waals surface area contributed by atoms with E-state index in [1.165, 1.54) is 10.6 Å². The fraction of sp³-hybridized carbons (Fsp3) is 0.143. The van der Waals surface area contributed by atoms with Gasteiger partial charge in [-0.15, -0.1) is 0 Å². The Morgan fingerprint density at radius 1 is 0.895 bits per heavy atom. The summed E-state index contributed by atoms with van der Waals surface area (Å²) in [6.45, 7) is -0.0320. The van der Waals surface area contributed by atoms with Gasteiger partial charge in [0.05, 0.1) is 42.0 Å². The summed E-state index contributed by atoms with van der Waals surface area (Å²) in [5.74, 6) is -0.342. The van der Waals surface area contributed by atoms with Crippen molar-refractivity contribution in [3.05, 3.63) is 114 Å². The van der Waals surface area contributed by atoms with Gasteiger partial charge in [0, 0.05) is 0 Å². The molecule has 2 N–H and O–H groups in total. The Kier molecular flexibility index (Phi) is 7.14. The van der Waals surface area contributed by atoms with Crippen LogP contribution in [0.15, 0.2) is 102 Å². The molecule has 1 aliphatic rings. The molecule has 2 amide bonds. The Bertz CT molecular complexity index is 1540. The number of para-hydroxylation sites is 3. The summed E-state index contributed by atoms with van der Waals surface area (Å²) < 4.78 is 39.2. The van der Waals surface area contributed by atoms with Gasteiger partial charge in [0.15, 0.2) is 6.10 Å². The van der Waals surface area contributed by atoms with Crippen LogP contribution in [0.2, 0.25) is 0 Å². The van der Waals surface area contributed by atoms with Gasteiger partial charge in [-0.25, -0.2) is 8.42 Å². The maximum absolute atomic E-state index is 13.4. The molecule has 4 aromatic rings. The maximum atomic E-state index is 13.4. The highest BCUT2D eigenvalue weighted by Gasteiger charge is 2.37. The summed E-state index contributed by atoms with van der Waals surface area (Å²) in [6, 6.07) is 25.5. The minimum Gasteiger partial charge on any atom is -0.476 e. The van der Waals surface area contributed by atoms with Crippen molar-refractivity contribution in [2.24, 2.45) is 0 Å². The maximum Gasteiger partial charge on any atom is 0.267 e. The number of hydrogen-bond acceptors (Lipinski definition) is 6. The van der Waals surface area contributed by atoms with Gasteiger partial charge < -0.3 is 19.8 Å². The van der Waals surface area contributed by atoms with Gasteiger partial charge >= 0.3 is 0 Å². The lowest BCUT2D eigenvalue weighted by molar-refractivity contribution is -0.122. The molecule has 10 heteroatoms. The molecule has 2 heterocycles. The van der Waals surface area contributed by atoms with Crippen LogP contribution in [0.1, 0.15) is 21.7 Å². The number of furan rings is 1. The molecule has 0 spiro atoms. The van der Waals surface area contributed by atoms with Crippen molar-refractivity contribution in [3.63, 3.8) is 0 Å². The number of hydrogen-bond donors (Lipinski definition) is 2. The third-order valence-electron chi connectivity index (χ3n) is 5.99. The van der Waals surface area contributed by atoms with E-state index >= 15 is 0 Å². The molecule has 0 saturated carbocycles. The molecule has 1 aliphatic heterocycles. The molecule has 38 heavy (non-hydrogen) atoms. The first kappa shape index (κ1) is 25.1. The van der Waals surface area contributed by atoms with Gasteiger partial charge in [0.1, 0.15) is 11.5 Å². The Morgan fingerprint density at radius 3 is 2.42 bits per heavy atom. The van der Waals surface area contributed by atoms with E-state index in [2.05, 4.69) is 10.6 Å². The van der Waals surface area contributed by atoms with Crippen LogP contribution in [0.3, 0.4) is 0 Å². The number of carbonyl (C=O) groups excluding carboxylic acids is 2. The Balaban J connectivity index is 1.35. The number of fused-ring (bicyclic) bond motifs is 1. The molecule has 1 atom stereocenters. The highest BCUT2D eigenvalue weighted by atomic mass is 32.2. The Hall–Kier alpha value is -4.57. The van der Waals surface area contributed by atoms with Crippen molar-refractivity contribution < 1.29 is 27.2 Å². The standard InChI is InChI=1S/C28H25N3O6S/c32-27(29-17-21-11-8-16-36-21)22-12-4-5-13-23(22)30-28(33)26-18-31(24-14-6-7-15-25(24)37-26)38(34,35)19-20-9-2-1-3-10-20/h1-16,26H,17-19H2,(H,29,32)(H,30,33)/t26-/m1/s1. The van der Waals surface area contributed by atoms with Crippen molar-refractivity contribution in [3.8, 4) is 5.75 Å². The fourth-order valence-corrected chi connectivity index (χ4v) is 5.73. The van der Waals surface area contributed by atoms with Crippen molar-refractivity contribution in [2.45, 2.75) is 18.4 Å². The molecule has 0 bridgehead atoms. The van der Waals surface area contributed by atoms with Crippen LogP contribution in [0.4, 0.5) is 11.4 Å². The largest absolute Gasteiger partial charge is 0.476 e. The normalized spacial score (nSPS) is 14.7. The first-order chi connectivity index (χ1) is 18.4. The Morgan fingerprint density at radius 2 is 1.63 bits per heavy atom. The van der Waals surface area contributed by atoms with E-state index in [1.54, 1.807) is 84.9 Å². The predicted octanol–water partition coefficient (Wildman–Crippen LogP) is 3.95. The molecule has 0 radical (unpaired) electrons. The van der Waals surface area contributed by atoms with E-state index in [-0.39, 0.29) is 35.8 Å². The van der Waals surface area contributed by atoms with Gasteiger partial charge in [-0.05, 0) is 42.0 Å². The van der Waals surface area contributed by atoms with Gasteiger partial charge in [-0.2, -0.15) is 0 Å². The van der Waals surface area contributed by atoms with Crippen LogP contribution in [0.25, 0.3) is 0 Å². The molecular weight excluding hydrogens is 506 g/mol. The molecule has 9 nitrogen and oxygen atoms in total. The van der Waals surface area contributed by atoms with E-state index in [1.807, 2.05) is 6.07 Å².